The Morgan fingerprint density at radius 1 is 1.29 bits per heavy atom. The minimum absolute atomic E-state index is 0.0790. The quantitative estimate of drug-likeness (QED) is 0.499. The molecule has 1 aliphatic heterocycles. The highest BCUT2D eigenvalue weighted by molar-refractivity contribution is 5.92. The first-order valence-electron chi connectivity index (χ1n) is 9.90. The fraction of sp³-hybridized carbons (Fsp3) is 0.286. The molecular weight excluding hydrogens is 403 g/mol. The van der Waals surface area contributed by atoms with Crippen LogP contribution in [0.5, 0.6) is 0 Å². The molecular formula is C21H21FN6O3. The summed E-state index contributed by atoms with van der Waals surface area (Å²) in [6.45, 7) is 3.12. The van der Waals surface area contributed by atoms with E-state index in [9.17, 15) is 19.3 Å². The van der Waals surface area contributed by atoms with Crippen molar-refractivity contribution in [2.45, 2.75) is 25.8 Å². The van der Waals surface area contributed by atoms with Crippen molar-refractivity contribution in [1.82, 2.24) is 20.3 Å². The Morgan fingerprint density at radius 3 is 2.94 bits per heavy atom. The molecule has 0 aliphatic carbocycles. The van der Waals surface area contributed by atoms with E-state index in [1.54, 1.807) is 12.1 Å². The van der Waals surface area contributed by atoms with Gasteiger partial charge in [-0.2, -0.15) is 0 Å². The Labute approximate surface area is 177 Å². The summed E-state index contributed by atoms with van der Waals surface area (Å²) >= 11 is 0. The lowest BCUT2D eigenvalue weighted by molar-refractivity contribution is -0.384. The van der Waals surface area contributed by atoms with Crippen molar-refractivity contribution in [3.8, 4) is 5.69 Å². The highest BCUT2D eigenvalue weighted by Gasteiger charge is 2.25. The topological polar surface area (TPSA) is 106 Å². The van der Waals surface area contributed by atoms with Gasteiger partial charge in [0.1, 0.15) is 5.82 Å². The van der Waals surface area contributed by atoms with Crippen LogP contribution >= 0.6 is 0 Å². The zero-order valence-electron chi connectivity index (χ0n) is 16.9. The summed E-state index contributed by atoms with van der Waals surface area (Å²) in [4.78, 5) is 25.1. The molecule has 0 spiro atoms. The molecule has 1 atom stereocenters. The number of aryl methyl sites for hydroxylation is 1. The van der Waals surface area contributed by atoms with E-state index in [4.69, 9.17) is 0 Å². The van der Waals surface area contributed by atoms with Crippen molar-refractivity contribution in [2.24, 2.45) is 0 Å². The predicted molar refractivity (Wildman–Crippen MR) is 112 cm³/mol. The molecule has 1 unspecified atom stereocenters. The van der Waals surface area contributed by atoms with Crippen LogP contribution in [0.3, 0.4) is 0 Å². The average Bonchev–Trinajstić information content (AvgIpc) is 3.26. The molecule has 1 fully saturated rings. The van der Waals surface area contributed by atoms with Gasteiger partial charge in [-0.1, -0.05) is 17.3 Å². The number of benzene rings is 2. The van der Waals surface area contributed by atoms with Crippen molar-refractivity contribution in [2.75, 3.05) is 18.0 Å². The maximum absolute atomic E-state index is 14.3. The molecule has 10 heteroatoms. The number of hydrogen-bond acceptors (Lipinski definition) is 6. The Bertz CT molecular complexity index is 1130. The zero-order chi connectivity index (χ0) is 22.0. The first-order chi connectivity index (χ1) is 14.9. The summed E-state index contributed by atoms with van der Waals surface area (Å²) in [5.74, 6) is -0.675. The van der Waals surface area contributed by atoms with E-state index in [0.717, 1.165) is 24.9 Å². The molecule has 2 heterocycles. The molecule has 9 nitrogen and oxygen atoms in total. The van der Waals surface area contributed by atoms with Gasteiger partial charge in [0.05, 0.1) is 22.5 Å². The molecule has 0 radical (unpaired) electrons. The summed E-state index contributed by atoms with van der Waals surface area (Å²) in [6.07, 6.45) is 3.02. The molecule has 31 heavy (non-hydrogen) atoms. The molecule has 1 N–H and O–H groups in total. The molecule has 3 aromatic rings. The lowest BCUT2D eigenvalue weighted by Crippen LogP contribution is -2.48. The number of non-ortho nitro benzene ring substituents is 1. The summed E-state index contributed by atoms with van der Waals surface area (Å²) in [6, 6.07) is 10.7. The SMILES string of the molecule is Cc1ccc(F)c(N2CCCC(NC(=O)c3cn(-c4cccc([N+](=O)[O-])c4)nn3)C2)c1. The molecule has 1 amide bonds. The number of rotatable bonds is 5. The number of nitrogens with zero attached hydrogens (tertiary/aromatic N) is 5. The fourth-order valence-electron chi connectivity index (χ4n) is 3.68. The van der Waals surface area contributed by atoms with Crippen LogP contribution < -0.4 is 10.2 Å². The van der Waals surface area contributed by atoms with Gasteiger partial charge in [0, 0.05) is 31.3 Å². The highest BCUT2D eigenvalue weighted by atomic mass is 19.1. The maximum Gasteiger partial charge on any atom is 0.273 e. The van der Waals surface area contributed by atoms with Crippen molar-refractivity contribution >= 4 is 17.3 Å². The maximum atomic E-state index is 14.3. The van der Waals surface area contributed by atoms with Crippen LogP contribution in [0.2, 0.25) is 0 Å². The van der Waals surface area contributed by atoms with Gasteiger partial charge in [0.2, 0.25) is 0 Å². The average molecular weight is 424 g/mol. The van der Waals surface area contributed by atoms with E-state index in [1.165, 1.54) is 35.1 Å². The number of anilines is 1. The second kappa shape index (κ2) is 8.50. The van der Waals surface area contributed by atoms with Gasteiger partial charge in [0.25, 0.3) is 11.6 Å². The van der Waals surface area contributed by atoms with Crippen LogP contribution in [0, 0.1) is 22.9 Å². The molecule has 1 aliphatic rings. The second-order valence-corrected chi connectivity index (χ2v) is 7.54. The van der Waals surface area contributed by atoms with Gasteiger partial charge >= 0.3 is 0 Å². The monoisotopic (exact) mass is 424 g/mol. The molecule has 160 valence electrons. The smallest absolute Gasteiger partial charge is 0.273 e. The van der Waals surface area contributed by atoms with E-state index in [-0.39, 0.29) is 23.2 Å². The number of halogens is 1. The Balaban J connectivity index is 1.44. The van der Waals surface area contributed by atoms with Crippen LogP contribution in [0.1, 0.15) is 28.9 Å². The largest absolute Gasteiger partial charge is 0.367 e. The van der Waals surface area contributed by atoms with Gasteiger partial charge in [-0.3, -0.25) is 14.9 Å². The third-order valence-electron chi connectivity index (χ3n) is 5.23. The number of nitro groups is 1. The molecule has 2 aromatic carbocycles. The number of nitrogens with one attached hydrogen (secondary N) is 1. The second-order valence-electron chi connectivity index (χ2n) is 7.54. The van der Waals surface area contributed by atoms with Crippen LogP contribution in [0.4, 0.5) is 15.8 Å². The number of carbonyl (C=O) groups is 1. The van der Waals surface area contributed by atoms with Crippen LogP contribution in [-0.4, -0.2) is 45.0 Å². The van der Waals surface area contributed by atoms with E-state index in [2.05, 4.69) is 15.6 Å². The summed E-state index contributed by atoms with van der Waals surface area (Å²) in [7, 11) is 0. The highest BCUT2D eigenvalue weighted by Crippen LogP contribution is 2.24. The lowest BCUT2D eigenvalue weighted by Gasteiger charge is -2.35. The number of amides is 1. The fourth-order valence-corrected chi connectivity index (χ4v) is 3.68. The summed E-state index contributed by atoms with van der Waals surface area (Å²) in [5, 5.41) is 21.7. The van der Waals surface area contributed by atoms with Gasteiger partial charge in [0.15, 0.2) is 5.69 Å². The van der Waals surface area contributed by atoms with Gasteiger partial charge < -0.3 is 10.2 Å². The minimum atomic E-state index is -0.500. The van der Waals surface area contributed by atoms with E-state index in [0.29, 0.717) is 17.9 Å². The summed E-state index contributed by atoms with van der Waals surface area (Å²) in [5.41, 5.74) is 1.96. The third kappa shape index (κ3) is 4.52. The number of piperidine rings is 1. The number of hydrogen-bond donors (Lipinski definition) is 1. The Hall–Kier alpha value is -3.82. The number of aromatic nitrogens is 3. The van der Waals surface area contributed by atoms with Gasteiger partial charge in [-0.25, -0.2) is 9.07 Å². The van der Waals surface area contributed by atoms with E-state index < -0.39 is 10.8 Å². The lowest BCUT2D eigenvalue weighted by atomic mass is 10.0. The summed E-state index contributed by atoms with van der Waals surface area (Å²) < 4.78 is 15.6. The van der Waals surface area contributed by atoms with Crippen molar-refractivity contribution in [1.29, 1.82) is 0 Å². The predicted octanol–water partition coefficient (Wildman–Crippen LogP) is 3.02. The normalized spacial score (nSPS) is 16.2. The number of carbonyl (C=O) groups excluding carboxylic acids is 1. The Morgan fingerprint density at radius 2 is 2.13 bits per heavy atom. The van der Waals surface area contributed by atoms with E-state index >= 15 is 0 Å². The van der Waals surface area contributed by atoms with E-state index in [1.807, 2.05) is 17.9 Å². The minimum Gasteiger partial charge on any atom is -0.367 e. The van der Waals surface area contributed by atoms with Crippen LogP contribution in [0.15, 0.2) is 48.7 Å². The molecule has 4 rings (SSSR count). The Kier molecular flexibility index (Phi) is 5.61. The first-order valence-corrected chi connectivity index (χ1v) is 9.90. The molecule has 1 aromatic heterocycles. The van der Waals surface area contributed by atoms with Crippen molar-refractivity contribution < 1.29 is 14.1 Å². The molecule has 0 bridgehead atoms. The van der Waals surface area contributed by atoms with Gasteiger partial charge in [-0.05, 0) is 43.5 Å². The standard InChI is InChI=1S/C21H21FN6O3/c1-14-7-8-18(22)20(10-14)26-9-3-4-15(12-26)23-21(29)19-13-27(25-24-19)16-5-2-6-17(11-16)28(30)31/h2,5-8,10-11,13,15H,3-4,9,12H2,1H3,(H,23,29). The van der Waals surface area contributed by atoms with Gasteiger partial charge in [-0.15, -0.1) is 5.10 Å². The molecule has 1 saturated heterocycles. The third-order valence-corrected chi connectivity index (χ3v) is 5.23. The van der Waals surface area contributed by atoms with Crippen LogP contribution in [0.25, 0.3) is 5.69 Å². The first kappa shape index (κ1) is 20.5. The zero-order valence-corrected chi connectivity index (χ0v) is 16.9. The van der Waals surface area contributed by atoms with Crippen LogP contribution in [-0.2, 0) is 0 Å². The molecule has 0 saturated carbocycles. The van der Waals surface area contributed by atoms with Crippen molar-refractivity contribution in [3.05, 3.63) is 75.9 Å². The number of nitro benzene ring substituents is 1. The van der Waals surface area contributed by atoms with Crippen molar-refractivity contribution in [3.63, 3.8) is 0 Å².